The summed E-state index contributed by atoms with van der Waals surface area (Å²) in [6.07, 6.45) is 0.651. The van der Waals surface area contributed by atoms with Crippen LogP contribution in [0.1, 0.15) is 5.56 Å². The van der Waals surface area contributed by atoms with Crippen molar-refractivity contribution in [2.45, 2.75) is 6.42 Å². The first-order chi connectivity index (χ1) is 8.63. The van der Waals surface area contributed by atoms with E-state index in [1.807, 2.05) is 12.1 Å². The summed E-state index contributed by atoms with van der Waals surface area (Å²) >= 11 is 0. The Hall–Kier alpha value is -2.10. The molecule has 0 aliphatic heterocycles. The van der Waals surface area contributed by atoms with Crippen molar-refractivity contribution in [1.82, 2.24) is 0 Å². The first kappa shape index (κ1) is 12.4. The lowest BCUT2D eigenvalue weighted by Gasteiger charge is -2.06. The molecule has 0 saturated carbocycles. The normalized spacial score (nSPS) is 10.3. The number of nitrogen functional groups attached to an aromatic ring is 1. The van der Waals surface area contributed by atoms with Gasteiger partial charge in [-0.25, -0.2) is 8.78 Å². The highest BCUT2D eigenvalue weighted by Crippen LogP contribution is 2.15. The fourth-order valence-corrected chi connectivity index (χ4v) is 1.58. The Balaban J connectivity index is 1.90. The van der Waals surface area contributed by atoms with Gasteiger partial charge in [0.05, 0.1) is 6.61 Å². The van der Waals surface area contributed by atoms with Gasteiger partial charge in [0.1, 0.15) is 17.4 Å². The number of nitrogens with two attached hydrogens (primary N) is 1. The van der Waals surface area contributed by atoms with E-state index in [0.29, 0.717) is 18.7 Å². The Labute approximate surface area is 104 Å². The predicted octanol–water partition coefficient (Wildman–Crippen LogP) is 3.17. The van der Waals surface area contributed by atoms with Crippen molar-refractivity contribution in [3.8, 4) is 5.75 Å². The first-order valence-electron chi connectivity index (χ1n) is 5.57. The minimum atomic E-state index is -0.641. The molecule has 0 radical (unpaired) electrons. The van der Waals surface area contributed by atoms with Gasteiger partial charge in [0.15, 0.2) is 0 Å². The Morgan fingerprint density at radius 2 is 1.56 bits per heavy atom. The van der Waals surface area contributed by atoms with E-state index in [-0.39, 0.29) is 5.75 Å². The highest BCUT2D eigenvalue weighted by Gasteiger charge is 2.01. The fraction of sp³-hybridized carbons (Fsp3) is 0.143. The van der Waals surface area contributed by atoms with E-state index in [1.54, 1.807) is 12.1 Å². The van der Waals surface area contributed by atoms with Crippen molar-refractivity contribution in [2.75, 3.05) is 12.3 Å². The summed E-state index contributed by atoms with van der Waals surface area (Å²) in [6.45, 7) is 0.354. The summed E-state index contributed by atoms with van der Waals surface area (Å²) in [7, 11) is 0. The van der Waals surface area contributed by atoms with Crippen LogP contribution in [0.15, 0.2) is 42.5 Å². The third-order valence-corrected chi connectivity index (χ3v) is 2.48. The van der Waals surface area contributed by atoms with Gasteiger partial charge in [0.25, 0.3) is 0 Å². The van der Waals surface area contributed by atoms with Crippen LogP contribution in [0.4, 0.5) is 14.5 Å². The lowest BCUT2D eigenvalue weighted by Crippen LogP contribution is -2.02. The number of hydrogen-bond donors (Lipinski definition) is 1. The van der Waals surface area contributed by atoms with Crippen molar-refractivity contribution >= 4 is 5.69 Å². The van der Waals surface area contributed by atoms with Gasteiger partial charge in [-0.1, -0.05) is 12.1 Å². The van der Waals surface area contributed by atoms with Crippen LogP contribution < -0.4 is 10.5 Å². The van der Waals surface area contributed by atoms with Crippen LogP contribution in [0.25, 0.3) is 0 Å². The lowest BCUT2D eigenvalue weighted by molar-refractivity contribution is 0.318. The van der Waals surface area contributed by atoms with Crippen molar-refractivity contribution in [3.05, 3.63) is 59.7 Å². The van der Waals surface area contributed by atoms with Crippen LogP contribution in [0, 0.1) is 11.6 Å². The number of benzene rings is 2. The third kappa shape index (κ3) is 3.45. The maximum absolute atomic E-state index is 12.9. The molecule has 0 aliphatic carbocycles. The summed E-state index contributed by atoms with van der Waals surface area (Å²) < 4.78 is 31.1. The van der Waals surface area contributed by atoms with Crippen LogP contribution in [0.3, 0.4) is 0 Å². The predicted molar refractivity (Wildman–Crippen MR) is 66.4 cm³/mol. The molecule has 0 spiro atoms. The molecular weight excluding hydrogens is 236 g/mol. The molecule has 94 valence electrons. The van der Waals surface area contributed by atoms with Gasteiger partial charge in [-0.3, -0.25) is 0 Å². The van der Waals surface area contributed by atoms with Gasteiger partial charge < -0.3 is 10.5 Å². The van der Waals surface area contributed by atoms with Crippen molar-refractivity contribution in [2.24, 2.45) is 0 Å². The largest absolute Gasteiger partial charge is 0.493 e. The highest BCUT2D eigenvalue weighted by molar-refractivity contribution is 5.39. The molecule has 0 aromatic heterocycles. The maximum atomic E-state index is 12.9. The highest BCUT2D eigenvalue weighted by atomic mass is 19.1. The summed E-state index contributed by atoms with van der Waals surface area (Å²) in [6, 6.07) is 10.5. The molecule has 2 nitrogen and oxygen atoms in total. The van der Waals surface area contributed by atoms with Gasteiger partial charge >= 0.3 is 0 Å². The smallest absolute Gasteiger partial charge is 0.129 e. The number of hydrogen-bond acceptors (Lipinski definition) is 2. The second-order valence-corrected chi connectivity index (χ2v) is 3.95. The van der Waals surface area contributed by atoms with E-state index in [4.69, 9.17) is 10.5 Å². The van der Waals surface area contributed by atoms with E-state index in [9.17, 15) is 8.78 Å². The molecule has 0 aliphatic rings. The molecule has 0 unspecified atom stereocenters. The number of anilines is 1. The molecule has 2 aromatic carbocycles. The van der Waals surface area contributed by atoms with E-state index in [0.717, 1.165) is 23.8 Å². The molecular formula is C14H13F2NO. The van der Waals surface area contributed by atoms with Gasteiger partial charge in [0, 0.05) is 30.3 Å². The second kappa shape index (κ2) is 5.49. The molecule has 2 N–H and O–H groups in total. The molecule has 0 saturated heterocycles. The molecule has 0 bridgehead atoms. The third-order valence-electron chi connectivity index (χ3n) is 2.48. The minimum Gasteiger partial charge on any atom is -0.493 e. The lowest BCUT2D eigenvalue weighted by atomic mass is 10.1. The van der Waals surface area contributed by atoms with Crippen molar-refractivity contribution in [3.63, 3.8) is 0 Å². The van der Waals surface area contributed by atoms with Gasteiger partial charge in [-0.2, -0.15) is 0 Å². The molecule has 0 amide bonds. The second-order valence-electron chi connectivity index (χ2n) is 3.95. The van der Waals surface area contributed by atoms with Crippen LogP contribution in [0.2, 0.25) is 0 Å². The minimum absolute atomic E-state index is 0.197. The molecule has 2 aromatic rings. The zero-order valence-electron chi connectivity index (χ0n) is 9.70. The average molecular weight is 249 g/mol. The molecule has 0 heterocycles. The molecule has 4 heteroatoms. The number of rotatable bonds is 4. The quantitative estimate of drug-likeness (QED) is 0.845. The number of ether oxygens (including phenoxy) is 1. The van der Waals surface area contributed by atoms with Crippen molar-refractivity contribution in [1.29, 1.82) is 0 Å². The Morgan fingerprint density at radius 1 is 0.944 bits per heavy atom. The summed E-state index contributed by atoms with van der Waals surface area (Å²) in [5.41, 5.74) is 7.32. The van der Waals surface area contributed by atoms with E-state index in [2.05, 4.69) is 0 Å². The maximum Gasteiger partial charge on any atom is 0.129 e. The zero-order chi connectivity index (χ0) is 13.0. The fourth-order valence-electron chi connectivity index (χ4n) is 1.58. The SMILES string of the molecule is Nc1ccc(CCOc2cc(F)cc(F)c2)cc1. The van der Waals surface area contributed by atoms with Gasteiger partial charge in [-0.15, -0.1) is 0 Å². The summed E-state index contributed by atoms with van der Waals surface area (Å²) in [5.74, 6) is -1.09. The van der Waals surface area contributed by atoms with E-state index >= 15 is 0 Å². The Kier molecular flexibility index (Phi) is 3.77. The molecule has 0 atom stereocenters. The topological polar surface area (TPSA) is 35.2 Å². The van der Waals surface area contributed by atoms with Crippen LogP contribution in [-0.4, -0.2) is 6.61 Å². The van der Waals surface area contributed by atoms with E-state index < -0.39 is 11.6 Å². The molecule has 18 heavy (non-hydrogen) atoms. The van der Waals surface area contributed by atoms with E-state index in [1.165, 1.54) is 0 Å². The zero-order valence-corrected chi connectivity index (χ0v) is 9.70. The molecule has 2 rings (SSSR count). The summed E-state index contributed by atoms with van der Waals surface area (Å²) in [5, 5.41) is 0. The first-order valence-corrected chi connectivity index (χ1v) is 5.57. The Bertz CT molecular complexity index is 506. The monoisotopic (exact) mass is 249 g/mol. The standard InChI is InChI=1S/C14H13F2NO/c15-11-7-12(16)9-14(8-11)18-6-5-10-1-3-13(17)4-2-10/h1-4,7-9H,5-6,17H2. The van der Waals surface area contributed by atoms with Crippen LogP contribution in [-0.2, 0) is 6.42 Å². The average Bonchev–Trinajstić information content (AvgIpc) is 2.30. The van der Waals surface area contributed by atoms with Crippen LogP contribution >= 0.6 is 0 Å². The summed E-state index contributed by atoms with van der Waals surface area (Å²) in [4.78, 5) is 0. The Morgan fingerprint density at radius 3 is 2.17 bits per heavy atom. The van der Waals surface area contributed by atoms with Gasteiger partial charge in [0.2, 0.25) is 0 Å². The van der Waals surface area contributed by atoms with Crippen LogP contribution in [0.5, 0.6) is 5.75 Å². The molecule has 0 fully saturated rings. The van der Waals surface area contributed by atoms with Crippen molar-refractivity contribution < 1.29 is 13.5 Å². The van der Waals surface area contributed by atoms with Gasteiger partial charge in [-0.05, 0) is 17.7 Å². The number of halogens is 2.